The van der Waals surface area contributed by atoms with Crippen molar-refractivity contribution in [2.45, 2.75) is 52.9 Å². The van der Waals surface area contributed by atoms with Crippen LogP contribution in [0, 0.1) is 11.8 Å². The minimum atomic E-state index is 0.136. The van der Waals surface area contributed by atoms with Gasteiger partial charge in [0.2, 0.25) is 5.91 Å². The largest absolute Gasteiger partial charge is 0.356 e. The van der Waals surface area contributed by atoms with Crippen LogP contribution in [0.3, 0.4) is 0 Å². The van der Waals surface area contributed by atoms with Gasteiger partial charge in [0, 0.05) is 31.3 Å². The lowest BCUT2D eigenvalue weighted by atomic mass is 9.95. The number of hydrogen-bond donors (Lipinski definition) is 1. The van der Waals surface area contributed by atoms with E-state index in [-0.39, 0.29) is 17.7 Å². The van der Waals surface area contributed by atoms with Crippen molar-refractivity contribution >= 4 is 11.7 Å². The quantitative estimate of drug-likeness (QED) is 0.695. The first kappa shape index (κ1) is 17.2. The normalized spacial score (nSPS) is 17.4. The van der Waals surface area contributed by atoms with Gasteiger partial charge in [-0.15, -0.1) is 0 Å². The molecule has 1 saturated heterocycles. The highest BCUT2D eigenvalue weighted by molar-refractivity contribution is 5.80. The highest BCUT2D eigenvalue weighted by Gasteiger charge is 2.24. The van der Waals surface area contributed by atoms with Gasteiger partial charge in [-0.05, 0) is 32.4 Å². The Balaban J connectivity index is 2.19. The van der Waals surface area contributed by atoms with E-state index in [0.717, 1.165) is 51.9 Å². The standard InChI is InChI=1S/C16H30N2O2/c1-4-5-9-17-16(20)14-6-10-18(11-7-14)12-8-15(19)13(2)3/h13-14H,4-12H2,1-3H3,(H,17,20). The SMILES string of the molecule is CCCCNC(=O)C1CCN(CCC(=O)C(C)C)CC1. The Morgan fingerprint density at radius 2 is 1.90 bits per heavy atom. The number of amides is 1. The summed E-state index contributed by atoms with van der Waals surface area (Å²) in [5.41, 5.74) is 0. The molecular formula is C16H30N2O2. The van der Waals surface area contributed by atoms with E-state index < -0.39 is 0 Å². The number of carbonyl (C=O) groups is 2. The number of ketones is 1. The summed E-state index contributed by atoms with van der Waals surface area (Å²) in [5, 5.41) is 3.02. The molecule has 0 aromatic heterocycles. The molecule has 1 aliphatic rings. The predicted octanol–water partition coefficient (Wildman–Crippen LogP) is 2.23. The van der Waals surface area contributed by atoms with Crippen LogP contribution in [-0.2, 0) is 9.59 Å². The van der Waals surface area contributed by atoms with E-state index in [4.69, 9.17) is 0 Å². The van der Waals surface area contributed by atoms with E-state index in [1.54, 1.807) is 0 Å². The van der Waals surface area contributed by atoms with E-state index in [2.05, 4.69) is 17.1 Å². The van der Waals surface area contributed by atoms with Crippen LogP contribution < -0.4 is 5.32 Å². The minimum Gasteiger partial charge on any atom is -0.356 e. The molecule has 0 radical (unpaired) electrons. The number of piperidine rings is 1. The molecule has 4 nitrogen and oxygen atoms in total. The molecule has 0 aliphatic carbocycles. The highest BCUT2D eigenvalue weighted by atomic mass is 16.2. The number of nitrogens with one attached hydrogen (secondary N) is 1. The van der Waals surface area contributed by atoms with Gasteiger partial charge < -0.3 is 10.2 Å². The molecule has 20 heavy (non-hydrogen) atoms. The van der Waals surface area contributed by atoms with Crippen LogP contribution in [0.4, 0.5) is 0 Å². The Morgan fingerprint density at radius 1 is 1.25 bits per heavy atom. The van der Waals surface area contributed by atoms with Gasteiger partial charge in [0.25, 0.3) is 0 Å². The van der Waals surface area contributed by atoms with Crippen LogP contribution in [-0.4, -0.2) is 42.8 Å². The van der Waals surface area contributed by atoms with E-state index in [1.165, 1.54) is 0 Å². The zero-order valence-corrected chi connectivity index (χ0v) is 13.3. The molecule has 1 aliphatic heterocycles. The molecule has 0 aromatic rings. The third-order valence-electron chi connectivity index (χ3n) is 4.11. The second kappa shape index (κ2) is 9.11. The molecule has 0 saturated carbocycles. The van der Waals surface area contributed by atoms with Crippen LogP contribution in [0.1, 0.15) is 52.9 Å². The van der Waals surface area contributed by atoms with Crippen molar-refractivity contribution in [2.75, 3.05) is 26.2 Å². The third-order valence-corrected chi connectivity index (χ3v) is 4.11. The average Bonchev–Trinajstić information content (AvgIpc) is 2.45. The van der Waals surface area contributed by atoms with Crippen LogP contribution in [0.15, 0.2) is 0 Å². The fraction of sp³-hybridized carbons (Fsp3) is 0.875. The van der Waals surface area contributed by atoms with Gasteiger partial charge in [-0.2, -0.15) is 0 Å². The summed E-state index contributed by atoms with van der Waals surface area (Å²) in [6.07, 6.45) is 4.66. The van der Waals surface area contributed by atoms with Gasteiger partial charge in [-0.25, -0.2) is 0 Å². The fourth-order valence-corrected chi connectivity index (χ4v) is 2.51. The molecule has 1 heterocycles. The molecule has 0 bridgehead atoms. The second-order valence-electron chi connectivity index (χ2n) is 6.13. The molecule has 1 fully saturated rings. The molecule has 1 N–H and O–H groups in total. The number of unbranched alkanes of at least 4 members (excludes halogenated alkanes) is 1. The lowest BCUT2D eigenvalue weighted by Gasteiger charge is -2.31. The Morgan fingerprint density at radius 3 is 2.45 bits per heavy atom. The molecule has 0 atom stereocenters. The number of Topliss-reactive ketones (excluding diaryl/α,β-unsaturated/α-hetero) is 1. The van der Waals surface area contributed by atoms with E-state index in [0.29, 0.717) is 12.2 Å². The maximum absolute atomic E-state index is 12.0. The van der Waals surface area contributed by atoms with Gasteiger partial charge in [0.15, 0.2) is 0 Å². The summed E-state index contributed by atoms with van der Waals surface area (Å²) in [4.78, 5) is 25.9. The molecular weight excluding hydrogens is 252 g/mol. The number of nitrogens with zero attached hydrogens (tertiary/aromatic N) is 1. The van der Waals surface area contributed by atoms with Crippen molar-refractivity contribution in [3.8, 4) is 0 Å². The van der Waals surface area contributed by atoms with Gasteiger partial charge in [-0.3, -0.25) is 9.59 Å². The number of hydrogen-bond acceptors (Lipinski definition) is 3. The molecule has 0 unspecified atom stereocenters. The Hall–Kier alpha value is -0.900. The number of likely N-dealkylation sites (tertiary alicyclic amines) is 1. The number of carbonyl (C=O) groups excluding carboxylic acids is 2. The van der Waals surface area contributed by atoms with Crippen LogP contribution in [0.25, 0.3) is 0 Å². The summed E-state index contributed by atoms with van der Waals surface area (Å²) >= 11 is 0. The lowest BCUT2D eigenvalue weighted by Crippen LogP contribution is -2.41. The zero-order valence-electron chi connectivity index (χ0n) is 13.3. The molecule has 0 spiro atoms. The monoisotopic (exact) mass is 282 g/mol. The first-order valence-corrected chi connectivity index (χ1v) is 8.07. The summed E-state index contributed by atoms with van der Waals surface area (Å²) in [6.45, 7) is 9.57. The summed E-state index contributed by atoms with van der Waals surface area (Å²) in [6, 6.07) is 0. The van der Waals surface area contributed by atoms with Crippen molar-refractivity contribution in [2.24, 2.45) is 11.8 Å². The van der Waals surface area contributed by atoms with E-state index in [1.807, 2.05) is 13.8 Å². The van der Waals surface area contributed by atoms with Crippen LogP contribution in [0.5, 0.6) is 0 Å². The average molecular weight is 282 g/mol. The maximum Gasteiger partial charge on any atom is 0.223 e. The molecule has 116 valence electrons. The zero-order chi connectivity index (χ0) is 15.0. The predicted molar refractivity (Wildman–Crippen MR) is 81.5 cm³/mol. The summed E-state index contributed by atoms with van der Waals surface area (Å²) < 4.78 is 0. The number of rotatable bonds is 8. The van der Waals surface area contributed by atoms with E-state index >= 15 is 0 Å². The summed E-state index contributed by atoms with van der Waals surface area (Å²) in [7, 11) is 0. The third kappa shape index (κ3) is 6.04. The molecule has 0 aromatic carbocycles. The Kier molecular flexibility index (Phi) is 7.82. The van der Waals surface area contributed by atoms with Crippen molar-refractivity contribution in [1.82, 2.24) is 10.2 Å². The molecule has 4 heteroatoms. The van der Waals surface area contributed by atoms with Crippen molar-refractivity contribution in [3.63, 3.8) is 0 Å². The fourth-order valence-electron chi connectivity index (χ4n) is 2.51. The van der Waals surface area contributed by atoms with Crippen molar-refractivity contribution in [3.05, 3.63) is 0 Å². The van der Waals surface area contributed by atoms with Gasteiger partial charge >= 0.3 is 0 Å². The Labute approximate surface area is 123 Å². The first-order chi connectivity index (χ1) is 9.54. The van der Waals surface area contributed by atoms with Gasteiger partial charge in [0.1, 0.15) is 5.78 Å². The van der Waals surface area contributed by atoms with E-state index in [9.17, 15) is 9.59 Å². The topological polar surface area (TPSA) is 49.4 Å². The van der Waals surface area contributed by atoms with Crippen molar-refractivity contribution < 1.29 is 9.59 Å². The summed E-state index contributed by atoms with van der Waals surface area (Å²) in [5.74, 6) is 0.863. The van der Waals surface area contributed by atoms with Crippen molar-refractivity contribution in [1.29, 1.82) is 0 Å². The van der Waals surface area contributed by atoms with Crippen LogP contribution in [0.2, 0.25) is 0 Å². The highest BCUT2D eigenvalue weighted by Crippen LogP contribution is 2.17. The smallest absolute Gasteiger partial charge is 0.223 e. The Bertz CT molecular complexity index is 308. The van der Waals surface area contributed by atoms with Gasteiger partial charge in [-0.1, -0.05) is 27.2 Å². The second-order valence-corrected chi connectivity index (χ2v) is 6.13. The van der Waals surface area contributed by atoms with Gasteiger partial charge in [0.05, 0.1) is 0 Å². The lowest BCUT2D eigenvalue weighted by molar-refractivity contribution is -0.127. The first-order valence-electron chi connectivity index (χ1n) is 8.07. The maximum atomic E-state index is 12.0. The molecule has 1 amide bonds. The molecule has 1 rings (SSSR count). The van der Waals surface area contributed by atoms with Crippen LogP contribution >= 0.6 is 0 Å². The minimum absolute atomic E-state index is 0.136.